The largest absolute Gasteiger partial charge is 0.445 e. The first-order valence-electron chi connectivity index (χ1n) is 8.29. The second kappa shape index (κ2) is 8.59. The number of amides is 1. The molecule has 1 aliphatic heterocycles. The van der Waals surface area contributed by atoms with E-state index in [0.717, 1.165) is 28.6 Å². The molecular weight excluding hydrogens is 404 g/mol. The van der Waals surface area contributed by atoms with Crippen LogP contribution in [-0.2, 0) is 11.3 Å². The van der Waals surface area contributed by atoms with E-state index in [9.17, 15) is 4.79 Å². The molecule has 0 aromatic heterocycles. The van der Waals surface area contributed by atoms with Crippen LogP contribution in [0.4, 0.5) is 10.5 Å². The fourth-order valence-corrected chi connectivity index (χ4v) is 3.38. The van der Waals surface area contributed by atoms with Gasteiger partial charge in [0.05, 0.1) is 5.69 Å². The van der Waals surface area contributed by atoms with Crippen LogP contribution in [0.25, 0.3) is 0 Å². The third kappa shape index (κ3) is 5.13. The maximum atomic E-state index is 12.2. The van der Waals surface area contributed by atoms with E-state index in [1.807, 2.05) is 48.5 Å². The summed E-state index contributed by atoms with van der Waals surface area (Å²) < 4.78 is 6.39. The Hall–Kier alpha value is -1.72. The zero-order chi connectivity index (χ0) is 17.6. The minimum Gasteiger partial charge on any atom is -0.445 e. The first-order valence-corrected chi connectivity index (χ1v) is 9.46. The molecule has 1 aliphatic rings. The number of nitrogens with zero attached hydrogens (tertiary/aromatic N) is 1. The van der Waals surface area contributed by atoms with Crippen LogP contribution in [0.5, 0.6) is 0 Å². The van der Waals surface area contributed by atoms with Crippen LogP contribution in [0.3, 0.4) is 0 Å². The van der Waals surface area contributed by atoms with E-state index in [4.69, 9.17) is 16.3 Å². The van der Waals surface area contributed by atoms with Gasteiger partial charge in [0.2, 0.25) is 0 Å². The van der Waals surface area contributed by atoms with E-state index in [1.165, 1.54) is 0 Å². The highest BCUT2D eigenvalue weighted by molar-refractivity contribution is 9.10. The Morgan fingerprint density at radius 1 is 1.20 bits per heavy atom. The molecule has 4 nitrogen and oxygen atoms in total. The molecule has 1 heterocycles. The normalized spacial score (nSPS) is 15.0. The zero-order valence-electron chi connectivity index (χ0n) is 13.8. The molecule has 6 heteroatoms. The predicted octanol–water partition coefficient (Wildman–Crippen LogP) is 5.32. The maximum absolute atomic E-state index is 12.2. The Labute approximate surface area is 161 Å². The van der Waals surface area contributed by atoms with E-state index >= 15 is 0 Å². The van der Waals surface area contributed by atoms with E-state index < -0.39 is 0 Å². The van der Waals surface area contributed by atoms with Crippen molar-refractivity contribution in [3.05, 3.63) is 63.6 Å². The second-order valence-electron chi connectivity index (χ2n) is 6.07. The summed E-state index contributed by atoms with van der Waals surface area (Å²) in [6.07, 6.45) is 1.50. The number of benzene rings is 2. The lowest BCUT2D eigenvalue weighted by Gasteiger charge is -2.32. The molecule has 2 aromatic rings. The van der Waals surface area contributed by atoms with E-state index in [2.05, 4.69) is 21.2 Å². The SMILES string of the molecule is O=C(OCc1ccccc1)N1CCC(Nc2cc(Cl)ccc2Br)CC1. The van der Waals surface area contributed by atoms with Crippen LogP contribution in [0, 0.1) is 0 Å². The molecule has 1 N–H and O–H groups in total. The van der Waals surface area contributed by atoms with Crippen molar-refractivity contribution in [2.75, 3.05) is 18.4 Å². The van der Waals surface area contributed by atoms with Gasteiger partial charge in [-0.05, 0) is 52.5 Å². The average molecular weight is 424 g/mol. The molecule has 0 atom stereocenters. The highest BCUT2D eigenvalue weighted by atomic mass is 79.9. The zero-order valence-corrected chi connectivity index (χ0v) is 16.1. The number of rotatable bonds is 4. The predicted molar refractivity (Wildman–Crippen MR) is 104 cm³/mol. The summed E-state index contributed by atoms with van der Waals surface area (Å²) >= 11 is 9.58. The third-order valence-corrected chi connectivity index (χ3v) is 5.17. The van der Waals surface area contributed by atoms with Gasteiger partial charge in [0.25, 0.3) is 0 Å². The van der Waals surface area contributed by atoms with E-state index in [1.54, 1.807) is 4.90 Å². The fourth-order valence-electron chi connectivity index (χ4n) is 2.85. The van der Waals surface area contributed by atoms with Crippen molar-refractivity contribution < 1.29 is 9.53 Å². The van der Waals surface area contributed by atoms with Crippen molar-refractivity contribution in [1.29, 1.82) is 0 Å². The van der Waals surface area contributed by atoms with Gasteiger partial charge in [-0.3, -0.25) is 0 Å². The van der Waals surface area contributed by atoms with Crippen molar-refractivity contribution >= 4 is 39.3 Å². The quantitative estimate of drug-likeness (QED) is 0.724. The van der Waals surface area contributed by atoms with Crippen LogP contribution in [0.2, 0.25) is 5.02 Å². The van der Waals surface area contributed by atoms with Gasteiger partial charge in [-0.1, -0.05) is 41.9 Å². The van der Waals surface area contributed by atoms with Crippen LogP contribution in [0.15, 0.2) is 53.0 Å². The number of carbonyl (C=O) groups excluding carboxylic acids is 1. The Bertz CT molecular complexity index is 719. The number of likely N-dealkylation sites (tertiary alicyclic amines) is 1. The smallest absolute Gasteiger partial charge is 0.410 e. The molecule has 0 spiro atoms. The third-order valence-electron chi connectivity index (χ3n) is 4.25. The van der Waals surface area contributed by atoms with Crippen molar-refractivity contribution in [3.8, 4) is 0 Å². The molecule has 0 saturated carbocycles. The van der Waals surface area contributed by atoms with Gasteiger partial charge in [-0.25, -0.2) is 4.79 Å². The number of halogens is 2. The number of hydrogen-bond donors (Lipinski definition) is 1. The molecule has 132 valence electrons. The molecule has 3 rings (SSSR count). The molecular formula is C19H20BrClN2O2. The molecule has 25 heavy (non-hydrogen) atoms. The fraction of sp³-hybridized carbons (Fsp3) is 0.316. The Morgan fingerprint density at radius 2 is 1.92 bits per heavy atom. The summed E-state index contributed by atoms with van der Waals surface area (Å²) in [4.78, 5) is 14.0. The summed E-state index contributed by atoms with van der Waals surface area (Å²) in [7, 11) is 0. The van der Waals surface area contributed by atoms with Gasteiger partial charge in [-0.15, -0.1) is 0 Å². The first-order chi connectivity index (χ1) is 12.1. The Morgan fingerprint density at radius 3 is 2.64 bits per heavy atom. The number of hydrogen-bond acceptors (Lipinski definition) is 3. The molecule has 0 bridgehead atoms. The minimum absolute atomic E-state index is 0.244. The standard InChI is InChI=1S/C19H20BrClN2O2/c20-17-7-6-15(21)12-18(17)22-16-8-10-23(11-9-16)19(24)25-13-14-4-2-1-3-5-14/h1-7,12,16,22H,8-11,13H2. The number of nitrogens with one attached hydrogen (secondary N) is 1. The van der Waals surface area contributed by atoms with Crippen LogP contribution < -0.4 is 5.32 Å². The van der Waals surface area contributed by atoms with Gasteiger partial charge in [-0.2, -0.15) is 0 Å². The second-order valence-corrected chi connectivity index (χ2v) is 7.36. The molecule has 0 unspecified atom stereocenters. The van der Waals surface area contributed by atoms with Crippen LogP contribution >= 0.6 is 27.5 Å². The summed E-state index contributed by atoms with van der Waals surface area (Å²) in [6, 6.07) is 15.7. The van der Waals surface area contributed by atoms with Gasteiger partial charge in [0.15, 0.2) is 0 Å². The molecule has 0 aliphatic carbocycles. The molecule has 1 fully saturated rings. The molecule has 1 saturated heterocycles. The Balaban J connectivity index is 1.46. The number of ether oxygens (including phenoxy) is 1. The van der Waals surface area contributed by atoms with E-state index in [0.29, 0.717) is 30.8 Å². The van der Waals surface area contributed by atoms with Gasteiger partial charge in [0, 0.05) is 28.6 Å². The van der Waals surface area contributed by atoms with Crippen molar-refractivity contribution in [3.63, 3.8) is 0 Å². The summed E-state index contributed by atoms with van der Waals surface area (Å²) in [6.45, 7) is 1.68. The maximum Gasteiger partial charge on any atom is 0.410 e. The van der Waals surface area contributed by atoms with E-state index in [-0.39, 0.29) is 6.09 Å². The van der Waals surface area contributed by atoms with Crippen LogP contribution in [0.1, 0.15) is 18.4 Å². The summed E-state index contributed by atoms with van der Waals surface area (Å²) in [5, 5.41) is 4.20. The van der Waals surface area contributed by atoms with Gasteiger partial charge in [0.1, 0.15) is 6.61 Å². The molecule has 2 aromatic carbocycles. The minimum atomic E-state index is -0.244. The van der Waals surface area contributed by atoms with Crippen molar-refractivity contribution in [2.45, 2.75) is 25.5 Å². The van der Waals surface area contributed by atoms with Crippen LogP contribution in [-0.4, -0.2) is 30.1 Å². The topological polar surface area (TPSA) is 41.6 Å². The monoisotopic (exact) mass is 422 g/mol. The number of carbonyl (C=O) groups is 1. The highest BCUT2D eigenvalue weighted by Gasteiger charge is 2.24. The van der Waals surface area contributed by atoms with Gasteiger partial charge >= 0.3 is 6.09 Å². The lowest BCUT2D eigenvalue weighted by Crippen LogP contribution is -2.42. The molecule has 1 amide bonds. The first kappa shape index (κ1) is 18.1. The van der Waals surface area contributed by atoms with Gasteiger partial charge < -0.3 is 15.0 Å². The summed E-state index contributed by atoms with van der Waals surface area (Å²) in [5.74, 6) is 0. The highest BCUT2D eigenvalue weighted by Crippen LogP contribution is 2.28. The van der Waals surface area contributed by atoms with Crippen molar-refractivity contribution in [2.24, 2.45) is 0 Å². The van der Waals surface area contributed by atoms with Crippen molar-refractivity contribution in [1.82, 2.24) is 4.90 Å². The Kier molecular flexibility index (Phi) is 6.21. The number of anilines is 1. The molecule has 0 radical (unpaired) electrons. The lowest BCUT2D eigenvalue weighted by atomic mass is 10.1. The average Bonchev–Trinajstić information content (AvgIpc) is 2.64. The lowest BCUT2D eigenvalue weighted by molar-refractivity contribution is 0.0882. The summed E-state index contributed by atoms with van der Waals surface area (Å²) in [5.41, 5.74) is 1.98. The number of piperidine rings is 1.